The molecular weight excluding hydrogens is 282 g/mol. The summed E-state index contributed by atoms with van der Waals surface area (Å²) in [7, 11) is 0. The highest BCUT2D eigenvalue weighted by Crippen LogP contribution is 2.26. The fraction of sp³-hybridized carbons (Fsp3) is 0.600. The van der Waals surface area contributed by atoms with Crippen LogP contribution in [0.15, 0.2) is 6.07 Å². The Morgan fingerprint density at radius 3 is 2.71 bits per heavy atom. The standard InChI is InChI=1S/C15H23N5S/c1-4-8-16-9-6-7-14-19-20-15(21-14)12-10-11(3)17-18-13(12)5-2/h10,16H,4-9H2,1-3H3. The van der Waals surface area contributed by atoms with Crippen LogP contribution in [0, 0.1) is 6.92 Å². The fourth-order valence-corrected chi connectivity index (χ4v) is 3.01. The molecule has 21 heavy (non-hydrogen) atoms. The van der Waals surface area contributed by atoms with Crippen molar-refractivity contribution >= 4 is 11.3 Å². The minimum Gasteiger partial charge on any atom is -0.317 e. The van der Waals surface area contributed by atoms with Crippen molar-refractivity contribution in [3.05, 3.63) is 22.5 Å². The van der Waals surface area contributed by atoms with Gasteiger partial charge in [0.05, 0.1) is 11.4 Å². The van der Waals surface area contributed by atoms with Gasteiger partial charge in [0.25, 0.3) is 0 Å². The van der Waals surface area contributed by atoms with Crippen LogP contribution < -0.4 is 5.32 Å². The second kappa shape index (κ2) is 8.14. The summed E-state index contributed by atoms with van der Waals surface area (Å²) in [5.74, 6) is 0. The maximum absolute atomic E-state index is 4.33. The highest BCUT2D eigenvalue weighted by Gasteiger charge is 2.12. The van der Waals surface area contributed by atoms with E-state index in [9.17, 15) is 0 Å². The minimum absolute atomic E-state index is 0.860. The number of nitrogens with zero attached hydrogens (tertiary/aromatic N) is 4. The summed E-state index contributed by atoms with van der Waals surface area (Å²) in [6, 6.07) is 2.05. The van der Waals surface area contributed by atoms with Crippen molar-refractivity contribution in [2.24, 2.45) is 0 Å². The van der Waals surface area contributed by atoms with Crippen LogP contribution >= 0.6 is 11.3 Å². The summed E-state index contributed by atoms with van der Waals surface area (Å²) in [5, 5.41) is 22.5. The summed E-state index contributed by atoms with van der Waals surface area (Å²) in [6.45, 7) is 8.35. The molecule has 0 aliphatic rings. The maximum atomic E-state index is 4.33. The molecule has 0 radical (unpaired) electrons. The molecule has 1 N–H and O–H groups in total. The first-order valence-corrected chi connectivity index (χ1v) is 8.42. The summed E-state index contributed by atoms with van der Waals surface area (Å²) >= 11 is 1.67. The van der Waals surface area contributed by atoms with E-state index in [0.717, 1.165) is 59.3 Å². The minimum atomic E-state index is 0.860. The Bertz CT molecular complexity index is 567. The molecule has 0 aromatic carbocycles. The third-order valence-corrected chi connectivity index (χ3v) is 4.21. The van der Waals surface area contributed by atoms with Gasteiger partial charge in [0, 0.05) is 12.0 Å². The van der Waals surface area contributed by atoms with Gasteiger partial charge < -0.3 is 5.32 Å². The first-order chi connectivity index (χ1) is 10.2. The number of aryl methyl sites for hydroxylation is 3. The Morgan fingerprint density at radius 1 is 1.10 bits per heavy atom. The summed E-state index contributed by atoms with van der Waals surface area (Å²) in [4.78, 5) is 0. The van der Waals surface area contributed by atoms with Gasteiger partial charge in [-0.25, -0.2) is 0 Å². The molecule has 0 bridgehead atoms. The Hall–Kier alpha value is -1.40. The van der Waals surface area contributed by atoms with Crippen LogP contribution in [0.5, 0.6) is 0 Å². The molecule has 114 valence electrons. The van der Waals surface area contributed by atoms with Gasteiger partial charge in [0.1, 0.15) is 10.0 Å². The van der Waals surface area contributed by atoms with E-state index < -0.39 is 0 Å². The topological polar surface area (TPSA) is 63.6 Å². The lowest BCUT2D eigenvalue weighted by molar-refractivity contribution is 0.637. The van der Waals surface area contributed by atoms with Crippen molar-refractivity contribution in [1.82, 2.24) is 25.7 Å². The lowest BCUT2D eigenvalue weighted by atomic mass is 10.1. The number of aromatic nitrogens is 4. The monoisotopic (exact) mass is 305 g/mol. The summed E-state index contributed by atoms with van der Waals surface area (Å²) in [6.07, 6.45) is 4.12. The van der Waals surface area contributed by atoms with Gasteiger partial charge in [-0.1, -0.05) is 25.2 Å². The van der Waals surface area contributed by atoms with Crippen LogP contribution in [-0.2, 0) is 12.8 Å². The van der Waals surface area contributed by atoms with Gasteiger partial charge in [0.15, 0.2) is 0 Å². The molecule has 0 unspecified atom stereocenters. The fourth-order valence-electron chi connectivity index (χ4n) is 2.09. The second-order valence-corrected chi connectivity index (χ2v) is 6.12. The normalized spacial score (nSPS) is 11.0. The zero-order valence-electron chi connectivity index (χ0n) is 13.0. The smallest absolute Gasteiger partial charge is 0.149 e. The molecular formula is C15H23N5S. The molecule has 0 atom stereocenters. The van der Waals surface area contributed by atoms with Crippen molar-refractivity contribution in [3.63, 3.8) is 0 Å². The second-order valence-electron chi connectivity index (χ2n) is 5.05. The van der Waals surface area contributed by atoms with Crippen LogP contribution in [0.2, 0.25) is 0 Å². The highest BCUT2D eigenvalue weighted by atomic mass is 32.1. The molecule has 2 rings (SSSR count). The SMILES string of the molecule is CCCNCCCc1nnc(-c2cc(C)nnc2CC)s1. The van der Waals surface area contributed by atoms with E-state index in [1.165, 1.54) is 6.42 Å². The van der Waals surface area contributed by atoms with Crippen molar-refractivity contribution in [2.75, 3.05) is 13.1 Å². The summed E-state index contributed by atoms with van der Waals surface area (Å²) in [5.41, 5.74) is 2.99. The zero-order chi connectivity index (χ0) is 15.1. The predicted octanol–water partition coefficient (Wildman–Crippen LogP) is 2.80. The first-order valence-electron chi connectivity index (χ1n) is 7.61. The summed E-state index contributed by atoms with van der Waals surface area (Å²) < 4.78 is 0. The van der Waals surface area contributed by atoms with Crippen LogP contribution in [0.3, 0.4) is 0 Å². The molecule has 2 aromatic heterocycles. The number of nitrogens with one attached hydrogen (secondary N) is 1. The molecule has 2 heterocycles. The molecule has 0 saturated heterocycles. The van der Waals surface area contributed by atoms with Crippen molar-refractivity contribution in [2.45, 2.75) is 46.5 Å². The Morgan fingerprint density at radius 2 is 1.95 bits per heavy atom. The van der Waals surface area contributed by atoms with E-state index in [0.29, 0.717) is 0 Å². The molecule has 6 heteroatoms. The van der Waals surface area contributed by atoms with Gasteiger partial charge >= 0.3 is 0 Å². The molecule has 2 aromatic rings. The van der Waals surface area contributed by atoms with E-state index in [2.05, 4.69) is 45.6 Å². The maximum Gasteiger partial charge on any atom is 0.149 e. The average molecular weight is 305 g/mol. The third-order valence-electron chi connectivity index (χ3n) is 3.20. The Kier molecular flexibility index (Phi) is 6.20. The Labute approximate surface area is 130 Å². The van der Waals surface area contributed by atoms with Gasteiger partial charge in [-0.05, 0) is 45.3 Å². The zero-order valence-corrected chi connectivity index (χ0v) is 13.8. The average Bonchev–Trinajstić information content (AvgIpc) is 2.96. The van der Waals surface area contributed by atoms with Gasteiger partial charge in [-0.15, -0.1) is 10.2 Å². The van der Waals surface area contributed by atoms with Crippen LogP contribution in [0.1, 0.15) is 43.1 Å². The van der Waals surface area contributed by atoms with Crippen molar-refractivity contribution < 1.29 is 0 Å². The van der Waals surface area contributed by atoms with Crippen LogP contribution in [0.25, 0.3) is 10.6 Å². The van der Waals surface area contributed by atoms with E-state index >= 15 is 0 Å². The molecule has 0 aliphatic carbocycles. The lowest BCUT2D eigenvalue weighted by Gasteiger charge is -2.03. The quantitative estimate of drug-likeness (QED) is 0.760. The van der Waals surface area contributed by atoms with Crippen LogP contribution in [0.4, 0.5) is 0 Å². The van der Waals surface area contributed by atoms with Crippen molar-refractivity contribution in [1.29, 1.82) is 0 Å². The van der Waals surface area contributed by atoms with Crippen LogP contribution in [-0.4, -0.2) is 33.5 Å². The number of hydrogen-bond donors (Lipinski definition) is 1. The molecule has 0 aliphatic heterocycles. The predicted molar refractivity (Wildman–Crippen MR) is 86.5 cm³/mol. The van der Waals surface area contributed by atoms with Crippen molar-refractivity contribution in [3.8, 4) is 10.6 Å². The third kappa shape index (κ3) is 4.54. The molecule has 0 spiro atoms. The molecule has 5 nitrogen and oxygen atoms in total. The van der Waals surface area contributed by atoms with E-state index in [1.807, 2.05) is 6.92 Å². The highest BCUT2D eigenvalue weighted by molar-refractivity contribution is 7.14. The first kappa shape index (κ1) is 16.0. The van der Waals surface area contributed by atoms with E-state index in [1.54, 1.807) is 11.3 Å². The molecule has 0 saturated carbocycles. The van der Waals surface area contributed by atoms with Gasteiger partial charge in [-0.2, -0.15) is 10.2 Å². The largest absolute Gasteiger partial charge is 0.317 e. The lowest BCUT2D eigenvalue weighted by Crippen LogP contribution is -2.16. The van der Waals surface area contributed by atoms with Gasteiger partial charge in [-0.3, -0.25) is 0 Å². The number of rotatable bonds is 8. The van der Waals surface area contributed by atoms with E-state index in [4.69, 9.17) is 0 Å². The molecule has 0 fully saturated rings. The van der Waals surface area contributed by atoms with E-state index in [-0.39, 0.29) is 0 Å². The van der Waals surface area contributed by atoms with Gasteiger partial charge in [0.2, 0.25) is 0 Å². The number of hydrogen-bond acceptors (Lipinski definition) is 6. The Balaban J connectivity index is 2.01. The molecule has 0 amide bonds.